The van der Waals surface area contributed by atoms with Gasteiger partial charge in [0.1, 0.15) is 24.1 Å². The van der Waals surface area contributed by atoms with Crippen molar-refractivity contribution >= 4 is 11.6 Å². The lowest BCUT2D eigenvalue weighted by molar-refractivity contribution is 0.0172. The van der Waals surface area contributed by atoms with Crippen molar-refractivity contribution in [3.63, 3.8) is 0 Å². The molecule has 0 spiro atoms. The van der Waals surface area contributed by atoms with Gasteiger partial charge < -0.3 is 28.6 Å². The highest BCUT2D eigenvalue weighted by Gasteiger charge is 2.48. The van der Waals surface area contributed by atoms with Gasteiger partial charge in [-0.3, -0.25) is 0 Å². The molecule has 3 heterocycles. The van der Waals surface area contributed by atoms with Crippen molar-refractivity contribution in [1.29, 1.82) is 0 Å². The molecule has 152 valence electrons. The number of fused-ring (bicyclic) bond motifs is 1. The van der Waals surface area contributed by atoms with Gasteiger partial charge in [-0.2, -0.15) is 0 Å². The minimum Gasteiger partial charge on any atom is -0.490 e. The maximum atomic E-state index is 10.0. The molecule has 2 aliphatic heterocycles. The molecule has 7 nitrogen and oxygen atoms in total. The molecule has 0 unspecified atom stereocenters. The summed E-state index contributed by atoms with van der Waals surface area (Å²) in [6.07, 6.45) is 3.40. The van der Waals surface area contributed by atoms with E-state index < -0.39 is 6.10 Å². The lowest BCUT2D eigenvalue weighted by Crippen LogP contribution is -2.30. The summed E-state index contributed by atoms with van der Waals surface area (Å²) in [5.41, 5.74) is 0.751. The number of aliphatic hydroxyl groups excluding tert-OH is 1. The summed E-state index contributed by atoms with van der Waals surface area (Å²) in [7, 11) is 0. The molecule has 8 heteroatoms. The maximum Gasteiger partial charge on any atom is 0.162 e. The largest absolute Gasteiger partial charge is 0.490 e. The van der Waals surface area contributed by atoms with Crippen molar-refractivity contribution in [2.45, 2.75) is 44.6 Å². The minimum absolute atomic E-state index is 0.0812. The monoisotopic (exact) mass is 408 g/mol. The van der Waals surface area contributed by atoms with Gasteiger partial charge in [-0.25, -0.2) is 4.98 Å². The van der Waals surface area contributed by atoms with E-state index in [0.29, 0.717) is 42.2 Å². The Bertz CT molecular complexity index is 827. The molecule has 4 atom stereocenters. The minimum atomic E-state index is -0.592. The van der Waals surface area contributed by atoms with Gasteiger partial charge in [0.25, 0.3) is 0 Å². The fourth-order valence-corrected chi connectivity index (χ4v) is 4.02. The third-order valence-corrected chi connectivity index (χ3v) is 5.38. The summed E-state index contributed by atoms with van der Waals surface area (Å²) in [6.45, 7) is 5.82. The molecule has 4 rings (SSSR count). The van der Waals surface area contributed by atoms with Gasteiger partial charge >= 0.3 is 0 Å². The normalized spacial score (nSPS) is 26.4. The molecular formula is C20H25ClN2O5. The zero-order valence-corrected chi connectivity index (χ0v) is 16.8. The summed E-state index contributed by atoms with van der Waals surface area (Å²) in [5, 5.41) is 10.5. The molecule has 1 aromatic heterocycles. The van der Waals surface area contributed by atoms with Gasteiger partial charge in [0.05, 0.1) is 37.5 Å². The molecule has 2 fully saturated rings. The van der Waals surface area contributed by atoms with Crippen LogP contribution in [0.3, 0.4) is 0 Å². The fourth-order valence-electron chi connectivity index (χ4n) is 3.79. The quantitative estimate of drug-likeness (QED) is 0.758. The average Bonchev–Trinajstić information content (AvgIpc) is 3.39. The number of halogens is 1. The van der Waals surface area contributed by atoms with Gasteiger partial charge in [-0.1, -0.05) is 18.5 Å². The molecule has 1 N–H and O–H groups in total. The van der Waals surface area contributed by atoms with Crippen molar-refractivity contribution in [3.05, 3.63) is 29.5 Å². The van der Waals surface area contributed by atoms with Gasteiger partial charge in [0.2, 0.25) is 0 Å². The van der Waals surface area contributed by atoms with E-state index in [0.717, 1.165) is 12.0 Å². The molecule has 0 aliphatic carbocycles. The fraction of sp³-hybridized carbons (Fsp3) is 0.550. The third-order valence-electron chi connectivity index (χ3n) is 5.06. The number of aliphatic hydroxyl groups is 1. The Kier molecular flexibility index (Phi) is 5.78. The Morgan fingerprint density at radius 2 is 1.96 bits per heavy atom. The first kappa shape index (κ1) is 19.5. The van der Waals surface area contributed by atoms with Crippen LogP contribution in [0.4, 0.5) is 0 Å². The molecule has 1 aromatic carbocycles. The highest BCUT2D eigenvalue weighted by atomic mass is 35.5. The van der Waals surface area contributed by atoms with Crippen LogP contribution in [0.2, 0.25) is 5.02 Å². The highest BCUT2D eigenvalue weighted by Crippen LogP contribution is 2.41. The van der Waals surface area contributed by atoms with E-state index in [1.807, 2.05) is 30.7 Å². The van der Waals surface area contributed by atoms with Crippen LogP contribution in [0.15, 0.2) is 24.5 Å². The first-order valence-corrected chi connectivity index (χ1v) is 10.1. The van der Waals surface area contributed by atoms with E-state index in [2.05, 4.69) is 4.98 Å². The summed E-state index contributed by atoms with van der Waals surface area (Å²) < 4.78 is 25.1. The third kappa shape index (κ3) is 3.48. The van der Waals surface area contributed by atoms with E-state index >= 15 is 0 Å². The van der Waals surface area contributed by atoms with E-state index in [1.54, 1.807) is 12.3 Å². The van der Waals surface area contributed by atoms with Crippen LogP contribution in [0.5, 0.6) is 11.5 Å². The lowest BCUT2D eigenvalue weighted by Gasteiger charge is -2.21. The van der Waals surface area contributed by atoms with Gasteiger partial charge in [-0.05, 0) is 19.4 Å². The van der Waals surface area contributed by atoms with Gasteiger partial charge in [0, 0.05) is 24.0 Å². The Labute approximate surface area is 169 Å². The Morgan fingerprint density at radius 1 is 1.18 bits per heavy atom. The molecule has 2 saturated heterocycles. The maximum absolute atomic E-state index is 10.0. The van der Waals surface area contributed by atoms with Gasteiger partial charge in [-0.15, -0.1) is 0 Å². The number of nitrogens with zero attached hydrogens (tertiary/aromatic N) is 2. The van der Waals surface area contributed by atoms with Crippen LogP contribution in [-0.2, 0) is 9.47 Å². The summed E-state index contributed by atoms with van der Waals surface area (Å²) in [5.74, 6) is 1.97. The van der Waals surface area contributed by atoms with Crippen molar-refractivity contribution in [3.8, 4) is 22.9 Å². The van der Waals surface area contributed by atoms with Crippen LogP contribution in [0.25, 0.3) is 11.4 Å². The number of ether oxygens (including phenoxy) is 4. The molecule has 0 radical (unpaired) electrons. The molecule has 2 aliphatic rings. The van der Waals surface area contributed by atoms with Crippen molar-refractivity contribution in [2.24, 2.45) is 0 Å². The van der Waals surface area contributed by atoms with Crippen molar-refractivity contribution in [2.75, 3.05) is 26.4 Å². The molecule has 2 aromatic rings. The van der Waals surface area contributed by atoms with E-state index in [-0.39, 0.29) is 24.9 Å². The van der Waals surface area contributed by atoms with Crippen LogP contribution in [-0.4, -0.2) is 59.4 Å². The highest BCUT2D eigenvalue weighted by molar-refractivity contribution is 6.33. The predicted molar refractivity (Wildman–Crippen MR) is 104 cm³/mol. The van der Waals surface area contributed by atoms with Crippen LogP contribution in [0, 0.1) is 0 Å². The number of benzene rings is 1. The molecular weight excluding hydrogens is 384 g/mol. The first-order valence-electron chi connectivity index (χ1n) is 9.67. The SMILES string of the molecule is CCCOc1cc(Cl)c(-c2nccn2[C@H]2CO[C@H]3[C@@H]2OC[C@H]3O)cc1OCC. The van der Waals surface area contributed by atoms with Crippen LogP contribution in [0.1, 0.15) is 26.3 Å². The van der Waals surface area contributed by atoms with Crippen LogP contribution >= 0.6 is 11.6 Å². The first-order chi connectivity index (χ1) is 13.6. The Hall–Kier alpha value is -1.80. The number of imidazole rings is 1. The number of rotatable bonds is 7. The summed E-state index contributed by atoms with van der Waals surface area (Å²) in [4.78, 5) is 4.53. The summed E-state index contributed by atoms with van der Waals surface area (Å²) >= 11 is 6.59. The molecule has 0 amide bonds. The van der Waals surface area contributed by atoms with E-state index in [9.17, 15) is 5.11 Å². The molecule has 28 heavy (non-hydrogen) atoms. The smallest absolute Gasteiger partial charge is 0.162 e. The summed E-state index contributed by atoms with van der Waals surface area (Å²) in [6, 6.07) is 3.57. The Balaban J connectivity index is 1.69. The van der Waals surface area contributed by atoms with E-state index in [4.69, 9.17) is 30.5 Å². The van der Waals surface area contributed by atoms with Crippen molar-refractivity contribution < 1.29 is 24.1 Å². The second kappa shape index (κ2) is 8.29. The second-order valence-corrected chi connectivity index (χ2v) is 7.36. The lowest BCUT2D eigenvalue weighted by atomic mass is 10.1. The molecule has 0 saturated carbocycles. The zero-order valence-electron chi connectivity index (χ0n) is 16.0. The number of hydrogen-bond acceptors (Lipinski definition) is 6. The Morgan fingerprint density at radius 3 is 2.75 bits per heavy atom. The van der Waals surface area contributed by atoms with Gasteiger partial charge in [0.15, 0.2) is 11.5 Å². The topological polar surface area (TPSA) is 75.0 Å². The van der Waals surface area contributed by atoms with E-state index in [1.165, 1.54) is 0 Å². The molecule has 0 bridgehead atoms. The average molecular weight is 409 g/mol. The zero-order chi connectivity index (χ0) is 19.7. The standard InChI is InChI=1S/C20H25ClN2O5/c1-3-7-26-17-9-13(21)12(8-16(17)25-4-2)20-22-5-6-23(20)14-10-27-19-15(24)11-28-18(14)19/h5-6,8-9,14-15,18-19,24H,3-4,7,10-11H2,1-2H3/t14-,15+,18+,19+/m0/s1. The van der Waals surface area contributed by atoms with Crippen molar-refractivity contribution in [1.82, 2.24) is 9.55 Å². The van der Waals surface area contributed by atoms with Crippen LogP contribution < -0.4 is 9.47 Å². The number of hydrogen-bond donors (Lipinski definition) is 1. The number of aromatic nitrogens is 2. The predicted octanol–water partition coefficient (Wildman–Crippen LogP) is 3.09. The second-order valence-electron chi connectivity index (χ2n) is 6.95.